The molecule has 106 valence electrons. The zero-order chi connectivity index (χ0) is 14.7. The van der Waals surface area contributed by atoms with Crippen molar-refractivity contribution in [2.75, 3.05) is 0 Å². The normalized spacial score (nSPS) is 12.5. The van der Waals surface area contributed by atoms with Crippen LogP contribution in [0.15, 0.2) is 24.3 Å². The van der Waals surface area contributed by atoms with Gasteiger partial charge in [-0.05, 0) is 29.5 Å². The maximum atomic E-state index is 12.4. The van der Waals surface area contributed by atoms with E-state index >= 15 is 0 Å². The molecule has 0 aliphatic carbocycles. The van der Waals surface area contributed by atoms with Crippen LogP contribution in [0.5, 0.6) is 0 Å². The van der Waals surface area contributed by atoms with Gasteiger partial charge in [-0.1, -0.05) is 32.9 Å². The second kappa shape index (κ2) is 5.76. The number of carbonyl (C=O) groups excluding carboxylic acids is 1. The molecule has 1 aromatic rings. The molecule has 0 heterocycles. The van der Waals surface area contributed by atoms with E-state index in [-0.39, 0.29) is 17.6 Å². The molecule has 0 aliphatic heterocycles. The smallest absolute Gasteiger partial charge is 0.299 e. The molecule has 0 aliphatic rings. The van der Waals surface area contributed by atoms with Crippen molar-refractivity contribution in [3.05, 3.63) is 35.4 Å². The van der Waals surface area contributed by atoms with Crippen LogP contribution in [-0.2, 0) is 17.4 Å². The van der Waals surface area contributed by atoms with Crippen LogP contribution in [0.3, 0.4) is 0 Å². The van der Waals surface area contributed by atoms with Crippen molar-refractivity contribution >= 4 is 5.78 Å². The van der Waals surface area contributed by atoms with Crippen molar-refractivity contribution in [1.29, 1.82) is 0 Å². The first-order valence-electron chi connectivity index (χ1n) is 6.26. The molecule has 0 bridgehead atoms. The van der Waals surface area contributed by atoms with E-state index in [2.05, 4.69) is 20.8 Å². The molecule has 0 spiro atoms. The SMILES string of the molecule is CC(C)(C)CCC(=O)Cc1ccc(C(F)(F)F)cc1. The Morgan fingerprint density at radius 1 is 1.05 bits per heavy atom. The zero-order valence-corrected chi connectivity index (χ0v) is 11.5. The van der Waals surface area contributed by atoms with Crippen LogP contribution in [0.25, 0.3) is 0 Å². The van der Waals surface area contributed by atoms with Crippen LogP contribution in [0.4, 0.5) is 13.2 Å². The molecule has 0 N–H and O–H groups in total. The Kier molecular flexibility index (Phi) is 4.77. The molecule has 4 heteroatoms. The Labute approximate surface area is 111 Å². The van der Waals surface area contributed by atoms with Crippen molar-refractivity contribution in [3.63, 3.8) is 0 Å². The highest BCUT2D eigenvalue weighted by atomic mass is 19.4. The second-order valence-corrected chi connectivity index (χ2v) is 5.97. The number of hydrogen-bond donors (Lipinski definition) is 0. The molecular formula is C15H19F3O. The molecule has 1 nitrogen and oxygen atoms in total. The monoisotopic (exact) mass is 272 g/mol. The molecule has 19 heavy (non-hydrogen) atoms. The fourth-order valence-corrected chi connectivity index (χ4v) is 1.64. The topological polar surface area (TPSA) is 17.1 Å². The van der Waals surface area contributed by atoms with Crippen LogP contribution in [-0.4, -0.2) is 5.78 Å². The number of alkyl halides is 3. The van der Waals surface area contributed by atoms with Crippen LogP contribution in [0.1, 0.15) is 44.7 Å². The van der Waals surface area contributed by atoms with Gasteiger partial charge in [0.2, 0.25) is 0 Å². The number of halogens is 3. The van der Waals surface area contributed by atoms with Crippen molar-refractivity contribution in [3.8, 4) is 0 Å². The Morgan fingerprint density at radius 2 is 1.58 bits per heavy atom. The van der Waals surface area contributed by atoms with Crippen molar-refractivity contribution in [2.45, 2.75) is 46.2 Å². The maximum absolute atomic E-state index is 12.4. The summed E-state index contributed by atoms with van der Waals surface area (Å²) in [5.41, 5.74) is 0.0424. The summed E-state index contributed by atoms with van der Waals surface area (Å²) >= 11 is 0. The van der Waals surface area contributed by atoms with E-state index in [4.69, 9.17) is 0 Å². The summed E-state index contributed by atoms with van der Waals surface area (Å²) in [6.45, 7) is 6.16. The quantitative estimate of drug-likeness (QED) is 0.780. The number of hydrogen-bond acceptors (Lipinski definition) is 1. The van der Waals surface area contributed by atoms with Gasteiger partial charge in [0, 0.05) is 12.8 Å². The van der Waals surface area contributed by atoms with E-state index in [1.165, 1.54) is 12.1 Å². The van der Waals surface area contributed by atoms with E-state index in [9.17, 15) is 18.0 Å². The van der Waals surface area contributed by atoms with E-state index in [0.29, 0.717) is 12.0 Å². The average Bonchev–Trinajstić information content (AvgIpc) is 2.25. The molecular weight excluding hydrogens is 253 g/mol. The van der Waals surface area contributed by atoms with Gasteiger partial charge in [-0.25, -0.2) is 0 Å². The molecule has 0 fully saturated rings. The van der Waals surface area contributed by atoms with Gasteiger partial charge >= 0.3 is 6.18 Å². The highest BCUT2D eigenvalue weighted by Gasteiger charge is 2.29. The molecule has 0 radical (unpaired) electrons. The van der Waals surface area contributed by atoms with Crippen molar-refractivity contribution in [1.82, 2.24) is 0 Å². The van der Waals surface area contributed by atoms with E-state index < -0.39 is 11.7 Å². The van der Waals surface area contributed by atoms with Gasteiger partial charge in [-0.2, -0.15) is 13.2 Å². The van der Waals surface area contributed by atoms with Crippen LogP contribution in [0.2, 0.25) is 0 Å². The molecule has 0 atom stereocenters. The Bertz CT molecular complexity index is 424. The Balaban J connectivity index is 2.56. The lowest BCUT2D eigenvalue weighted by molar-refractivity contribution is -0.137. The summed E-state index contributed by atoms with van der Waals surface area (Å²) in [5, 5.41) is 0. The minimum absolute atomic E-state index is 0.0645. The van der Waals surface area contributed by atoms with Gasteiger partial charge in [-0.3, -0.25) is 4.79 Å². The zero-order valence-electron chi connectivity index (χ0n) is 11.5. The Morgan fingerprint density at radius 3 is 2.00 bits per heavy atom. The number of Topliss-reactive ketones (excluding diaryl/α,β-unsaturated/α-hetero) is 1. The van der Waals surface area contributed by atoms with E-state index in [1.54, 1.807) is 0 Å². The van der Waals surface area contributed by atoms with Gasteiger partial charge in [0.15, 0.2) is 0 Å². The minimum Gasteiger partial charge on any atom is -0.299 e. The number of rotatable bonds is 4. The predicted octanol–water partition coefficient (Wildman–Crippen LogP) is 4.64. The summed E-state index contributed by atoms with van der Waals surface area (Å²) in [4.78, 5) is 11.7. The second-order valence-electron chi connectivity index (χ2n) is 5.97. The summed E-state index contributed by atoms with van der Waals surface area (Å²) < 4.78 is 37.1. The number of carbonyl (C=O) groups is 1. The third kappa shape index (κ3) is 5.90. The highest BCUT2D eigenvalue weighted by molar-refractivity contribution is 5.80. The molecule has 0 saturated carbocycles. The van der Waals surface area contributed by atoms with Gasteiger partial charge in [-0.15, -0.1) is 0 Å². The Hall–Kier alpha value is -1.32. The fraction of sp³-hybridized carbons (Fsp3) is 0.533. The standard InChI is InChI=1S/C15H19F3O/c1-14(2,3)9-8-13(19)10-11-4-6-12(7-5-11)15(16,17)18/h4-7H,8-10H2,1-3H3. The van der Waals surface area contributed by atoms with Gasteiger partial charge in [0.25, 0.3) is 0 Å². The molecule has 0 amide bonds. The van der Waals surface area contributed by atoms with Crippen LogP contribution >= 0.6 is 0 Å². The molecule has 1 aromatic carbocycles. The maximum Gasteiger partial charge on any atom is 0.416 e. The van der Waals surface area contributed by atoms with Gasteiger partial charge < -0.3 is 0 Å². The first kappa shape index (κ1) is 15.7. The summed E-state index contributed by atoms with van der Waals surface area (Å²) in [6.07, 6.45) is -2.88. The third-order valence-corrected chi connectivity index (χ3v) is 2.84. The van der Waals surface area contributed by atoms with Crippen LogP contribution < -0.4 is 0 Å². The van der Waals surface area contributed by atoms with Crippen LogP contribution in [0, 0.1) is 5.41 Å². The highest BCUT2D eigenvalue weighted by Crippen LogP contribution is 2.29. The summed E-state index contributed by atoms with van der Waals surface area (Å²) in [6, 6.07) is 4.79. The summed E-state index contributed by atoms with van der Waals surface area (Å²) in [7, 11) is 0. The predicted molar refractivity (Wildman–Crippen MR) is 68.8 cm³/mol. The lowest BCUT2D eigenvalue weighted by Gasteiger charge is -2.17. The van der Waals surface area contributed by atoms with E-state index in [1.807, 2.05) is 0 Å². The molecule has 0 aromatic heterocycles. The minimum atomic E-state index is -4.32. The number of benzene rings is 1. The molecule has 0 saturated heterocycles. The average molecular weight is 272 g/mol. The lowest BCUT2D eigenvalue weighted by Crippen LogP contribution is -2.11. The largest absolute Gasteiger partial charge is 0.416 e. The lowest BCUT2D eigenvalue weighted by atomic mass is 9.88. The number of ketones is 1. The first-order valence-corrected chi connectivity index (χ1v) is 6.26. The third-order valence-electron chi connectivity index (χ3n) is 2.84. The van der Waals surface area contributed by atoms with Gasteiger partial charge in [0.05, 0.1) is 5.56 Å². The van der Waals surface area contributed by atoms with Crippen molar-refractivity contribution < 1.29 is 18.0 Å². The molecule has 1 rings (SSSR count). The summed E-state index contributed by atoms with van der Waals surface area (Å²) in [5.74, 6) is 0.0645. The van der Waals surface area contributed by atoms with E-state index in [0.717, 1.165) is 18.6 Å². The van der Waals surface area contributed by atoms with Gasteiger partial charge in [0.1, 0.15) is 5.78 Å². The van der Waals surface area contributed by atoms with Crippen molar-refractivity contribution in [2.24, 2.45) is 5.41 Å². The first-order chi connectivity index (χ1) is 8.58. The fourth-order valence-electron chi connectivity index (χ4n) is 1.64. The molecule has 0 unspecified atom stereocenters.